The Hall–Kier alpha value is -1.36. The van der Waals surface area contributed by atoms with Crippen LogP contribution in [0.1, 0.15) is 37.2 Å². The van der Waals surface area contributed by atoms with Crippen LogP contribution >= 0.6 is 0 Å². The predicted octanol–water partition coefficient (Wildman–Crippen LogP) is 1.65. The van der Waals surface area contributed by atoms with Crippen LogP contribution in [0.25, 0.3) is 0 Å². The van der Waals surface area contributed by atoms with E-state index in [0.717, 1.165) is 11.4 Å². The summed E-state index contributed by atoms with van der Waals surface area (Å²) in [5.41, 5.74) is 3.30. The fourth-order valence-electron chi connectivity index (χ4n) is 1.94. The largest absolute Gasteiger partial charge is 0.480 e. The minimum absolute atomic E-state index is 0.160. The fraction of sp³-hybridized carbons (Fsp3) is 0.692. The Balaban J connectivity index is 2.67. The van der Waals surface area contributed by atoms with Crippen molar-refractivity contribution in [3.05, 3.63) is 17.0 Å². The van der Waals surface area contributed by atoms with Crippen LogP contribution in [-0.4, -0.2) is 32.9 Å². The van der Waals surface area contributed by atoms with E-state index in [9.17, 15) is 4.79 Å². The van der Waals surface area contributed by atoms with Crippen LogP contribution in [0.15, 0.2) is 0 Å². The van der Waals surface area contributed by atoms with Crippen molar-refractivity contribution < 1.29 is 9.90 Å². The van der Waals surface area contributed by atoms with Crippen molar-refractivity contribution in [3.8, 4) is 0 Å². The number of aliphatic carboxylic acids is 1. The van der Waals surface area contributed by atoms with Crippen LogP contribution in [0.2, 0.25) is 0 Å². The standard InChI is InChI=1S/C13H23N3O2/c1-8(2)14-12(13(17)18)6-7-16-11(5)9(3)10(4)15-16/h8,12,14H,6-7H2,1-5H3,(H,17,18). The van der Waals surface area contributed by atoms with Gasteiger partial charge in [-0.3, -0.25) is 9.48 Å². The van der Waals surface area contributed by atoms with Gasteiger partial charge in [-0.05, 0) is 32.8 Å². The lowest BCUT2D eigenvalue weighted by Crippen LogP contribution is -2.41. The zero-order valence-electron chi connectivity index (χ0n) is 11.8. The third-order valence-electron chi connectivity index (χ3n) is 3.21. The van der Waals surface area contributed by atoms with Crippen molar-refractivity contribution in [1.82, 2.24) is 15.1 Å². The van der Waals surface area contributed by atoms with Crippen molar-refractivity contribution in [2.75, 3.05) is 0 Å². The van der Waals surface area contributed by atoms with Gasteiger partial charge in [-0.15, -0.1) is 0 Å². The second-order valence-electron chi connectivity index (χ2n) is 5.02. The number of carbonyl (C=O) groups is 1. The summed E-state index contributed by atoms with van der Waals surface area (Å²) in [5.74, 6) is -0.804. The first-order valence-corrected chi connectivity index (χ1v) is 6.32. The van der Waals surface area contributed by atoms with Gasteiger partial charge >= 0.3 is 5.97 Å². The third kappa shape index (κ3) is 3.57. The van der Waals surface area contributed by atoms with E-state index in [1.54, 1.807) is 0 Å². The number of hydrogen-bond donors (Lipinski definition) is 2. The molecule has 0 spiro atoms. The molecule has 0 aliphatic rings. The summed E-state index contributed by atoms with van der Waals surface area (Å²) in [6.07, 6.45) is 0.537. The minimum atomic E-state index is -0.804. The minimum Gasteiger partial charge on any atom is -0.480 e. The Bertz CT molecular complexity index is 424. The number of nitrogens with one attached hydrogen (secondary N) is 1. The highest BCUT2D eigenvalue weighted by Gasteiger charge is 2.18. The summed E-state index contributed by atoms with van der Waals surface area (Å²) >= 11 is 0. The first kappa shape index (κ1) is 14.7. The number of carboxylic acids is 1. The number of hydrogen-bond acceptors (Lipinski definition) is 3. The molecule has 2 N–H and O–H groups in total. The van der Waals surface area contributed by atoms with Crippen LogP contribution < -0.4 is 5.32 Å². The van der Waals surface area contributed by atoms with Crippen molar-refractivity contribution in [3.63, 3.8) is 0 Å². The van der Waals surface area contributed by atoms with E-state index in [1.165, 1.54) is 5.56 Å². The smallest absolute Gasteiger partial charge is 0.320 e. The zero-order valence-corrected chi connectivity index (χ0v) is 11.8. The maximum atomic E-state index is 11.1. The summed E-state index contributed by atoms with van der Waals surface area (Å²) in [4.78, 5) is 11.1. The molecule has 0 aliphatic carbocycles. The number of rotatable bonds is 6. The van der Waals surface area contributed by atoms with Gasteiger partial charge in [0.15, 0.2) is 0 Å². The van der Waals surface area contributed by atoms with Gasteiger partial charge in [-0.1, -0.05) is 13.8 Å². The SMILES string of the molecule is Cc1nn(CCC(NC(C)C)C(=O)O)c(C)c1C. The molecule has 5 nitrogen and oxygen atoms in total. The second-order valence-corrected chi connectivity index (χ2v) is 5.02. The van der Waals surface area contributed by atoms with Gasteiger partial charge in [-0.2, -0.15) is 5.10 Å². The molecule has 18 heavy (non-hydrogen) atoms. The summed E-state index contributed by atoms with van der Waals surface area (Å²) in [6, 6.07) is -0.359. The monoisotopic (exact) mass is 253 g/mol. The van der Waals surface area contributed by atoms with Crippen molar-refractivity contribution in [2.45, 2.75) is 59.7 Å². The van der Waals surface area contributed by atoms with Crippen molar-refractivity contribution >= 4 is 5.97 Å². The quantitative estimate of drug-likeness (QED) is 0.809. The molecule has 0 amide bonds. The molecule has 0 radical (unpaired) electrons. The van der Waals surface area contributed by atoms with Gasteiger partial charge < -0.3 is 10.4 Å². The molecule has 0 fully saturated rings. The molecule has 5 heteroatoms. The highest BCUT2D eigenvalue weighted by atomic mass is 16.4. The van der Waals surface area contributed by atoms with E-state index < -0.39 is 12.0 Å². The molecular weight excluding hydrogens is 230 g/mol. The van der Waals surface area contributed by atoms with Crippen LogP contribution in [0.5, 0.6) is 0 Å². The average molecular weight is 253 g/mol. The lowest BCUT2D eigenvalue weighted by molar-refractivity contribution is -0.139. The Labute approximate surface area is 108 Å². The maximum Gasteiger partial charge on any atom is 0.320 e. The van der Waals surface area contributed by atoms with E-state index >= 15 is 0 Å². The number of carboxylic acid groups (broad SMARTS) is 1. The van der Waals surface area contributed by atoms with E-state index in [2.05, 4.69) is 10.4 Å². The number of aromatic nitrogens is 2. The Morgan fingerprint density at radius 3 is 2.39 bits per heavy atom. The molecule has 1 atom stereocenters. The average Bonchev–Trinajstić information content (AvgIpc) is 2.51. The molecular formula is C13H23N3O2. The molecule has 0 bridgehead atoms. The van der Waals surface area contributed by atoms with Gasteiger partial charge in [-0.25, -0.2) is 0 Å². The summed E-state index contributed by atoms with van der Waals surface area (Å²) in [7, 11) is 0. The van der Waals surface area contributed by atoms with Crippen molar-refractivity contribution in [1.29, 1.82) is 0 Å². The van der Waals surface area contributed by atoms with Crippen molar-refractivity contribution in [2.24, 2.45) is 0 Å². The molecule has 0 saturated heterocycles. The Morgan fingerprint density at radius 2 is 2.00 bits per heavy atom. The summed E-state index contributed by atoms with van der Waals surface area (Å²) in [5, 5.41) is 16.6. The zero-order chi connectivity index (χ0) is 13.9. The highest BCUT2D eigenvalue weighted by molar-refractivity contribution is 5.73. The molecule has 1 aromatic rings. The molecule has 0 aromatic carbocycles. The summed E-state index contributed by atoms with van der Waals surface area (Å²) in [6.45, 7) is 10.5. The fourth-order valence-corrected chi connectivity index (χ4v) is 1.94. The molecule has 1 unspecified atom stereocenters. The highest BCUT2D eigenvalue weighted by Crippen LogP contribution is 2.12. The van der Waals surface area contributed by atoms with Gasteiger partial charge in [0, 0.05) is 18.3 Å². The van der Waals surface area contributed by atoms with E-state index in [1.807, 2.05) is 39.3 Å². The van der Waals surface area contributed by atoms with E-state index in [4.69, 9.17) is 5.11 Å². The van der Waals surface area contributed by atoms with Gasteiger partial charge in [0.25, 0.3) is 0 Å². The Morgan fingerprint density at radius 1 is 1.39 bits per heavy atom. The van der Waals surface area contributed by atoms with Gasteiger partial charge in [0.05, 0.1) is 5.69 Å². The van der Waals surface area contributed by atoms with Crippen LogP contribution in [0.3, 0.4) is 0 Å². The molecule has 1 heterocycles. The van der Waals surface area contributed by atoms with Gasteiger partial charge in [0.2, 0.25) is 0 Å². The Kier molecular flexibility index (Phi) is 4.90. The van der Waals surface area contributed by atoms with E-state index in [0.29, 0.717) is 13.0 Å². The number of nitrogens with zero attached hydrogens (tertiary/aromatic N) is 2. The van der Waals surface area contributed by atoms with Gasteiger partial charge in [0.1, 0.15) is 6.04 Å². The third-order valence-corrected chi connectivity index (χ3v) is 3.21. The molecule has 1 rings (SSSR count). The van der Waals surface area contributed by atoms with Crippen LogP contribution in [-0.2, 0) is 11.3 Å². The first-order chi connectivity index (χ1) is 8.32. The number of aryl methyl sites for hydroxylation is 2. The normalized spacial score (nSPS) is 13.0. The predicted molar refractivity (Wildman–Crippen MR) is 70.8 cm³/mol. The second kappa shape index (κ2) is 6.00. The molecule has 1 aromatic heterocycles. The van der Waals surface area contributed by atoms with Crippen LogP contribution in [0, 0.1) is 20.8 Å². The molecule has 0 aliphatic heterocycles. The molecule has 0 saturated carbocycles. The van der Waals surface area contributed by atoms with Crippen LogP contribution in [0.4, 0.5) is 0 Å². The molecule has 102 valence electrons. The summed E-state index contributed by atoms with van der Waals surface area (Å²) < 4.78 is 1.89. The lowest BCUT2D eigenvalue weighted by atomic mass is 10.2. The van der Waals surface area contributed by atoms with E-state index in [-0.39, 0.29) is 6.04 Å². The first-order valence-electron chi connectivity index (χ1n) is 6.32. The topological polar surface area (TPSA) is 67.2 Å². The maximum absolute atomic E-state index is 11.1. The lowest BCUT2D eigenvalue weighted by Gasteiger charge is -2.17.